The Balaban J connectivity index is 1.73. The molecule has 2 amide bonds. The maximum Gasteiger partial charge on any atom is 0.416 e. The number of hydrogen-bond acceptors (Lipinski definition) is 5. The Kier molecular flexibility index (Phi) is 9.96. The van der Waals surface area contributed by atoms with Crippen LogP contribution in [0.3, 0.4) is 0 Å². The van der Waals surface area contributed by atoms with Gasteiger partial charge in [0.05, 0.1) is 38.1 Å². The van der Waals surface area contributed by atoms with Crippen LogP contribution in [0.2, 0.25) is 15.1 Å². The predicted molar refractivity (Wildman–Crippen MR) is 143 cm³/mol. The number of anilines is 1. The van der Waals surface area contributed by atoms with Gasteiger partial charge in [0.2, 0.25) is 5.91 Å². The number of amides is 2. The standard InChI is InChI=1S/C24H23Cl3F3N5O2S/c1-4-35-21(20(12(2)3)32-22(37)13-5-7-15(25)17(27)9-13)33-34-23(35)38-11-19(36)31-18-10-14(24(28,29)30)6-8-16(18)26/h5-10,12,20H,4,11H2,1-3H3,(H,31,36)(H,32,37)/t20-/m1/s1. The quantitative estimate of drug-likeness (QED) is 0.252. The Morgan fingerprint density at radius 2 is 1.71 bits per heavy atom. The number of halogens is 6. The molecule has 2 N–H and O–H groups in total. The number of nitrogens with zero attached hydrogens (tertiary/aromatic N) is 3. The fourth-order valence-electron chi connectivity index (χ4n) is 3.44. The number of alkyl halides is 3. The van der Waals surface area contributed by atoms with Crippen molar-refractivity contribution in [3.8, 4) is 0 Å². The zero-order chi connectivity index (χ0) is 28.2. The second-order valence-corrected chi connectivity index (χ2v) is 10.6. The number of nitrogens with one attached hydrogen (secondary N) is 2. The van der Waals surface area contributed by atoms with Gasteiger partial charge in [-0.1, -0.05) is 60.4 Å². The fraction of sp³-hybridized carbons (Fsp3) is 0.333. The fourth-order valence-corrected chi connectivity index (χ4v) is 4.71. The Bertz CT molecular complexity index is 1330. The summed E-state index contributed by atoms with van der Waals surface area (Å²) in [5, 5.41) is 14.7. The molecule has 3 aromatic rings. The molecular weight excluding hydrogens is 586 g/mol. The zero-order valence-electron chi connectivity index (χ0n) is 20.4. The summed E-state index contributed by atoms with van der Waals surface area (Å²) in [7, 11) is 0. The van der Waals surface area contributed by atoms with Crippen molar-refractivity contribution in [1.29, 1.82) is 0 Å². The van der Waals surface area contributed by atoms with E-state index in [1.54, 1.807) is 10.6 Å². The molecule has 0 aliphatic rings. The van der Waals surface area contributed by atoms with E-state index >= 15 is 0 Å². The van der Waals surface area contributed by atoms with Crippen molar-refractivity contribution < 1.29 is 22.8 Å². The van der Waals surface area contributed by atoms with Crippen molar-refractivity contribution >= 4 is 64.1 Å². The Morgan fingerprint density at radius 3 is 2.32 bits per heavy atom. The maximum atomic E-state index is 13.0. The predicted octanol–water partition coefficient (Wildman–Crippen LogP) is 7.13. The van der Waals surface area contributed by atoms with Crippen LogP contribution in [0.15, 0.2) is 41.6 Å². The molecule has 0 saturated carbocycles. The molecule has 0 spiro atoms. The lowest BCUT2D eigenvalue weighted by molar-refractivity contribution is -0.137. The van der Waals surface area contributed by atoms with Crippen molar-refractivity contribution in [2.45, 2.75) is 44.7 Å². The van der Waals surface area contributed by atoms with E-state index in [0.29, 0.717) is 28.1 Å². The molecule has 7 nitrogen and oxygen atoms in total. The van der Waals surface area contributed by atoms with E-state index in [9.17, 15) is 22.8 Å². The highest BCUT2D eigenvalue weighted by Gasteiger charge is 2.31. The summed E-state index contributed by atoms with van der Waals surface area (Å²) in [5.74, 6) is -0.691. The van der Waals surface area contributed by atoms with Gasteiger partial charge in [-0.15, -0.1) is 10.2 Å². The van der Waals surface area contributed by atoms with E-state index in [2.05, 4.69) is 20.8 Å². The molecule has 1 aromatic heterocycles. The van der Waals surface area contributed by atoms with Gasteiger partial charge in [-0.2, -0.15) is 13.2 Å². The van der Waals surface area contributed by atoms with E-state index < -0.39 is 23.7 Å². The molecule has 0 bridgehead atoms. The lowest BCUT2D eigenvalue weighted by Gasteiger charge is -2.22. The van der Waals surface area contributed by atoms with Gasteiger partial charge >= 0.3 is 6.18 Å². The smallest absolute Gasteiger partial charge is 0.342 e. The minimum absolute atomic E-state index is 0.0205. The molecule has 0 saturated heterocycles. The van der Waals surface area contributed by atoms with E-state index in [1.807, 2.05) is 20.8 Å². The third-order valence-electron chi connectivity index (χ3n) is 5.38. The number of benzene rings is 2. The van der Waals surface area contributed by atoms with Gasteiger partial charge in [0.1, 0.15) is 0 Å². The van der Waals surface area contributed by atoms with Gasteiger partial charge in [0, 0.05) is 12.1 Å². The zero-order valence-corrected chi connectivity index (χ0v) is 23.5. The summed E-state index contributed by atoms with van der Waals surface area (Å²) >= 11 is 19.0. The molecule has 204 valence electrons. The summed E-state index contributed by atoms with van der Waals surface area (Å²) in [5.41, 5.74) is -0.746. The summed E-state index contributed by atoms with van der Waals surface area (Å²) in [6, 6.07) is 6.73. The number of carbonyl (C=O) groups excluding carboxylic acids is 2. The average molecular weight is 609 g/mol. The first-order chi connectivity index (χ1) is 17.8. The molecule has 0 fully saturated rings. The second-order valence-electron chi connectivity index (χ2n) is 8.44. The molecule has 1 heterocycles. The first kappa shape index (κ1) is 30.1. The van der Waals surface area contributed by atoms with Gasteiger partial charge in [-0.05, 0) is 49.2 Å². The molecule has 0 unspecified atom stereocenters. The lowest BCUT2D eigenvalue weighted by atomic mass is 10.0. The summed E-state index contributed by atoms with van der Waals surface area (Å²) in [6.07, 6.45) is -4.57. The van der Waals surface area contributed by atoms with Gasteiger partial charge in [-0.25, -0.2) is 0 Å². The number of rotatable bonds is 9. The number of thioether (sulfide) groups is 1. The van der Waals surface area contributed by atoms with Gasteiger partial charge < -0.3 is 15.2 Å². The van der Waals surface area contributed by atoms with E-state index in [4.69, 9.17) is 34.8 Å². The van der Waals surface area contributed by atoms with E-state index in [0.717, 1.165) is 30.0 Å². The lowest BCUT2D eigenvalue weighted by Crippen LogP contribution is -2.33. The highest BCUT2D eigenvalue weighted by atomic mass is 35.5. The average Bonchev–Trinajstić information content (AvgIpc) is 3.25. The van der Waals surface area contributed by atoms with Gasteiger partial charge in [-0.3, -0.25) is 9.59 Å². The first-order valence-electron chi connectivity index (χ1n) is 11.3. The number of hydrogen-bond donors (Lipinski definition) is 2. The summed E-state index contributed by atoms with van der Waals surface area (Å²) < 4.78 is 40.8. The van der Waals surface area contributed by atoms with Crippen molar-refractivity contribution in [2.24, 2.45) is 5.92 Å². The summed E-state index contributed by atoms with van der Waals surface area (Å²) in [6.45, 7) is 6.12. The number of carbonyl (C=O) groups is 2. The van der Waals surface area contributed by atoms with Crippen LogP contribution in [0, 0.1) is 5.92 Å². The van der Waals surface area contributed by atoms with Crippen LogP contribution in [0.5, 0.6) is 0 Å². The monoisotopic (exact) mass is 607 g/mol. The third-order valence-corrected chi connectivity index (χ3v) is 7.41. The third kappa shape index (κ3) is 7.34. The highest BCUT2D eigenvalue weighted by Crippen LogP contribution is 2.34. The van der Waals surface area contributed by atoms with Crippen LogP contribution in [0.25, 0.3) is 0 Å². The summed E-state index contributed by atoms with van der Waals surface area (Å²) in [4.78, 5) is 25.4. The second kappa shape index (κ2) is 12.6. The molecule has 1 atom stereocenters. The van der Waals surface area contributed by atoms with Crippen molar-refractivity contribution in [1.82, 2.24) is 20.1 Å². The van der Waals surface area contributed by atoms with Crippen LogP contribution >= 0.6 is 46.6 Å². The van der Waals surface area contributed by atoms with Crippen molar-refractivity contribution in [3.05, 3.63) is 68.4 Å². The van der Waals surface area contributed by atoms with Gasteiger partial charge in [0.15, 0.2) is 11.0 Å². The van der Waals surface area contributed by atoms with Crippen LogP contribution in [-0.4, -0.2) is 32.3 Å². The van der Waals surface area contributed by atoms with Crippen molar-refractivity contribution in [3.63, 3.8) is 0 Å². The van der Waals surface area contributed by atoms with E-state index in [1.165, 1.54) is 12.1 Å². The van der Waals surface area contributed by atoms with Gasteiger partial charge in [0.25, 0.3) is 5.91 Å². The molecule has 3 rings (SSSR count). The maximum absolute atomic E-state index is 13.0. The van der Waals surface area contributed by atoms with Crippen LogP contribution in [0.1, 0.15) is 48.6 Å². The van der Waals surface area contributed by atoms with Crippen LogP contribution in [-0.2, 0) is 17.5 Å². The molecule has 14 heteroatoms. The Hall–Kier alpha value is -2.47. The molecule has 2 aromatic carbocycles. The molecule has 38 heavy (non-hydrogen) atoms. The van der Waals surface area contributed by atoms with Crippen LogP contribution < -0.4 is 10.6 Å². The Labute approximate surface area is 236 Å². The highest BCUT2D eigenvalue weighted by molar-refractivity contribution is 7.99. The molecule has 0 radical (unpaired) electrons. The SMILES string of the molecule is CCn1c(SCC(=O)Nc2cc(C(F)(F)F)ccc2Cl)nnc1[C@H](NC(=O)c1ccc(Cl)c(Cl)c1)C(C)C. The molecule has 0 aliphatic carbocycles. The van der Waals surface area contributed by atoms with E-state index in [-0.39, 0.29) is 33.3 Å². The molecular formula is C24H23Cl3F3N5O2S. The minimum atomic E-state index is -4.57. The first-order valence-corrected chi connectivity index (χ1v) is 13.4. The van der Waals surface area contributed by atoms with Crippen molar-refractivity contribution in [2.75, 3.05) is 11.1 Å². The number of aromatic nitrogens is 3. The topological polar surface area (TPSA) is 88.9 Å². The normalized spacial score (nSPS) is 12.5. The Morgan fingerprint density at radius 1 is 1.03 bits per heavy atom. The van der Waals surface area contributed by atoms with Crippen LogP contribution in [0.4, 0.5) is 18.9 Å². The molecule has 0 aliphatic heterocycles. The largest absolute Gasteiger partial charge is 0.416 e. The minimum Gasteiger partial charge on any atom is -0.342 e.